The Morgan fingerprint density at radius 3 is 2.30 bits per heavy atom. The minimum absolute atomic E-state index is 0.110. The van der Waals surface area contributed by atoms with Crippen molar-refractivity contribution < 1.29 is 4.92 Å². The average Bonchev–Trinajstić information content (AvgIpc) is 2.36. The summed E-state index contributed by atoms with van der Waals surface area (Å²) in [5.41, 5.74) is 5.53. The summed E-state index contributed by atoms with van der Waals surface area (Å²) in [7, 11) is 0. The van der Waals surface area contributed by atoms with Crippen molar-refractivity contribution in [2.45, 2.75) is 27.3 Å². The number of nitrogens with zero attached hydrogens (tertiary/aromatic N) is 1. The Bertz CT molecular complexity index is 631. The van der Waals surface area contributed by atoms with Gasteiger partial charge in [0.2, 0.25) is 0 Å². The second-order valence-electron chi connectivity index (χ2n) is 5.11. The maximum absolute atomic E-state index is 10.8. The molecule has 0 spiro atoms. The molecule has 0 aromatic heterocycles. The monoisotopic (exact) mass is 270 g/mol. The van der Waals surface area contributed by atoms with Gasteiger partial charge in [0, 0.05) is 24.4 Å². The van der Waals surface area contributed by atoms with Gasteiger partial charge in [-0.15, -0.1) is 0 Å². The molecule has 2 aromatic rings. The Kier molecular flexibility index (Phi) is 4.03. The van der Waals surface area contributed by atoms with Crippen LogP contribution in [0.5, 0.6) is 0 Å². The normalized spacial score (nSPS) is 10.3. The number of nitrogens with one attached hydrogen (secondary N) is 1. The summed E-state index contributed by atoms with van der Waals surface area (Å²) < 4.78 is 0. The van der Waals surface area contributed by atoms with Gasteiger partial charge in [-0.2, -0.15) is 0 Å². The van der Waals surface area contributed by atoms with Crippen molar-refractivity contribution in [1.82, 2.24) is 0 Å². The van der Waals surface area contributed by atoms with Gasteiger partial charge in [0.25, 0.3) is 5.69 Å². The molecule has 20 heavy (non-hydrogen) atoms. The maximum atomic E-state index is 10.8. The third kappa shape index (κ3) is 3.35. The first-order chi connectivity index (χ1) is 9.45. The molecule has 0 aliphatic rings. The Hall–Kier alpha value is -2.36. The molecule has 4 nitrogen and oxygen atoms in total. The molecule has 0 radical (unpaired) electrons. The van der Waals surface area contributed by atoms with Gasteiger partial charge in [0.15, 0.2) is 0 Å². The lowest BCUT2D eigenvalue weighted by Gasteiger charge is -2.10. The molecule has 2 rings (SSSR count). The van der Waals surface area contributed by atoms with Crippen molar-refractivity contribution in [1.29, 1.82) is 0 Å². The van der Waals surface area contributed by atoms with Crippen LogP contribution in [0.4, 0.5) is 11.4 Å². The van der Waals surface area contributed by atoms with Crippen LogP contribution in [0.1, 0.15) is 22.3 Å². The van der Waals surface area contributed by atoms with E-state index in [0.29, 0.717) is 6.54 Å². The number of benzene rings is 2. The van der Waals surface area contributed by atoms with Crippen LogP contribution in [0.3, 0.4) is 0 Å². The summed E-state index contributed by atoms with van der Waals surface area (Å²) in [5.74, 6) is 0. The van der Waals surface area contributed by atoms with Gasteiger partial charge >= 0.3 is 0 Å². The van der Waals surface area contributed by atoms with Crippen molar-refractivity contribution in [3.8, 4) is 0 Å². The Labute approximate surface area is 118 Å². The SMILES string of the molecule is Cc1cc(C)cc(CNc2cc([N+](=O)[O-])ccc2C)c1. The molecule has 0 amide bonds. The van der Waals surface area contributed by atoms with Crippen molar-refractivity contribution in [3.05, 3.63) is 68.8 Å². The van der Waals surface area contributed by atoms with Crippen LogP contribution in [0.15, 0.2) is 36.4 Å². The molecule has 0 aliphatic carbocycles. The number of aryl methyl sites for hydroxylation is 3. The van der Waals surface area contributed by atoms with Gasteiger partial charge in [0.1, 0.15) is 0 Å². The van der Waals surface area contributed by atoms with Crippen molar-refractivity contribution in [3.63, 3.8) is 0 Å². The molecular weight excluding hydrogens is 252 g/mol. The molecule has 0 atom stereocenters. The van der Waals surface area contributed by atoms with E-state index in [0.717, 1.165) is 11.3 Å². The van der Waals surface area contributed by atoms with Gasteiger partial charge in [-0.3, -0.25) is 10.1 Å². The number of nitro benzene ring substituents is 1. The molecule has 0 heterocycles. The second kappa shape index (κ2) is 5.74. The topological polar surface area (TPSA) is 55.2 Å². The Morgan fingerprint density at radius 1 is 1.05 bits per heavy atom. The van der Waals surface area contributed by atoms with Gasteiger partial charge < -0.3 is 5.32 Å². The first kappa shape index (κ1) is 14.1. The zero-order chi connectivity index (χ0) is 14.7. The number of non-ortho nitro benzene ring substituents is 1. The molecule has 0 unspecified atom stereocenters. The number of hydrogen-bond donors (Lipinski definition) is 1. The molecule has 104 valence electrons. The quantitative estimate of drug-likeness (QED) is 0.671. The van der Waals surface area contributed by atoms with E-state index in [-0.39, 0.29) is 10.6 Å². The van der Waals surface area contributed by atoms with E-state index in [1.165, 1.54) is 22.8 Å². The largest absolute Gasteiger partial charge is 0.381 e. The molecule has 1 N–H and O–H groups in total. The van der Waals surface area contributed by atoms with E-state index in [2.05, 4.69) is 37.4 Å². The van der Waals surface area contributed by atoms with Crippen LogP contribution < -0.4 is 5.32 Å². The highest BCUT2D eigenvalue weighted by Gasteiger charge is 2.08. The highest BCUT2D eigenvalue weighted by atomic mass is 16.6. The molecule has 4 heteroatoms. The number of anilines is 1. The number of hydrogen-bond acceptors (Lipinski definition) is 3. The van der Waals surface area contributed by atoms with Gasteiger partial charge in [-0.05, 0) is 31.9 Å². The lowest BCUT2D eigenvalue weighted by Crippen LogP contribution is -2.02. The van der Waals surface area contributed by atoms with E-state index in [1.54, 1.807) is 12.1 Å². The summed E-state index contributed by atoms with van der Waals surface area (Å²) in [5, 5.41) is 14.1. The summed E-state index contributed by atoms with van der Waals surface area (Å²) >= 11 is 0. The van der Waals surface area contributed by atoms with Crippen molar-refractivity contribution in [2.75, 3.05) is 5.32 Å². The van der Waals surface area contributed by atoms with Gasteiger partial charge in [-0.25, -0.2) is 0 Å². The summed E-state index contributed by atoms with van der Waals surface area (Å²) in [6.07, 6.45) is 0. The highest BCUT2D eigenvalue weighted by Crippen LogP contribution is 2.22. The predicted octanol–water partition coefficient (Wildman–Crippen LogP) is 4.13. The zero-order valence-corrected chi connectivity index (χ0v) is 11.9. The second-order valence-corrected chi connectivity index (χ2v) is 5.11. The van der Waals surface area contributed by atoms with Crippen LogP contribution in [0, 0.1) is 30.9 Å². The molecule has 0 fully saturated rings. The molecule has 2 aromatic carbocycles. The van der Waals surface area contributed by atoms with E-state index in [4.69, 9.17) is 0 Å². The Morgan fingerprint density at radius 2 is 1.70 bits per heavy atom. The third-order valence-corrected chi connectivity index (χ3v) is 3.20. The molecule has 0 saturated carbocycles. The van der Waals surface area contributed by atoms with E-state index in [9.17, 15) is 10.1 Å². The summed E-state index contributed by atoms with van der Waals surface area (Å²) in [6.45, 7) is 6.72. The van der Waals surface area contributed by atoms with E-state index >= 15 is 0 Å². The lowest BCUT2D eigenvalue weighted by atomic mass is 10.1. The zero-order valence-electron chi connectivity index (χ0n) is 11.9. The number of nitro groups is 1. The first-order valence-corrected chi connectivity index (χ1v) is 6.52. The van der Waals surface area contributed by atoms with Crippen LogP contribution in [0.2, 0.25) is 0 Å². The van der Waals surface area contributed by atoms with E-state index < -0.39 is 0 Å². The lowest BCUT2D eigenvalue weighted by molar-refractivity contribution is -0.384. The van der Waals surface area contributed by atoms with Crippen molar-refractivity contribution >= 4 is 11.4 Å². The molecular formula is C16H18N2O2. The van der Waals surface area contributed by atoms with Gasteiger partial charge in [0.05, 0.1) is 4.92 Å². The summed E-state index contributed by atoms with van der Waals surface area (Å²) in [4.78, 5) is 10.4. The van der Waals surface area contributed by atoms with Gasteiger partial charge in [-0.1, -0.05) is 35.4 Å². The fraction of sp³-hybridized carbons (Fsp3) is 0.250. The average molecular weight is 270 g/mol. The fourth-order valence-corrected chi connectivity index (χ4v) is 2.28. The van der Waals surface area contributed by atoms with Crippen LogP contribution in [-0.4, -0.2) is 4.92 Å². The number of rotatable bonds is 4. The smallest absolute Gasteiger partial charge is 0.271 e. The van der Waals surface area contributed by atoms with Crippen molar-refractivity contribution in [2.24, 2.45) is 0 Å². The van der Waals surface area contributed by atoms with Crippen LogP contribution in [0.25, 0.3) is 0 Å². The molecule has 0 saturated heterocycles. The predicted molar refractivity (Wildman–Crippen MR) is 81.1 cm³/mol. The van der Waals surface area contributed by atoms with Crippen LogP contribution >= 0.6 is 0 Å². The van der Waals surface area contributed by atoms with E-state index in [1.807, 2.05) is 6.92 Å². The minimum atomic E-state index is -0.374. The highest BCUT2D eigenvalue weighted by molar-refractivity contribution is 5.57. The molecule has 0 bridgehead atoms. The molecule has 0 aliphatic heterocycles. The third-order valence-electron chi connectivity index (χ3n) is 3.20. The van der Waals surface area contributed by atoms with Crippen LogP contribution in [-0.2, 0) is 6.54 Å². The first-order valence-electron chi connectivity index (χ1n) is 6.52. The fourth-order valence-electron chi connectivity index (χ4n) is 2.28. The maximum Gasteiger partial charge on any atom is 0.271 e. The Balaban J connectivity index is 2.18. The summed E-state index contributed by atoms with van der Waals surface area (Å²) in [6, 6.07) is 11.2. The standard InChI is InChI=1S/C16H18N2O2/c1-11-6-12(2)8-14(7-11)10-17-16-9-15(18(19)20)5-4-13(16)3/h4-9,17H,10H2,1-3H3. The minimum Gasteiger partial charge on any atom is -0.381 e.